The van der Waals surface area contributed by atoms with Gasteiger partial charge in [0, 0.05) is 7.05 Å². The van der Waals surface area contributed by atoms with Gasteiger partial charge in [-0.25, -0.2) is 4.98 Å². The first kappa shape index (κ1) is 17.6. The van der Waals surface area contributed by atoms with Crippen molar-refractivity contribution in [2.75, 3.05) is 13.1 Å². The van der Waals surface area contributed by atoms with Gasteiger partial charge in [0.15, 0.2) is 5.82 Å². The predicted molar refractivity (Wildman–Crippen MR) is 96.8 cm³/mol. The van der Waals surface area contributed by atoms with Crippen LogP contribution < -0.4 is 5.32 Å². The van der Waals surface area contributed by atoms with Crippen LogP contribution in [0.4, 0.5) is 0 Å². The number of carbonyl (C=O) groups excluding carboxylic acids is 1. The van der Waals surface area contributed by atoms with Crippen molar-refractivity contribution in [3.63, 3.8) is 0 Å². The number of hydrogen-bond donors (Lipinski definition) is 1. The lowest BCUT2D eigenvalue weighted by Gasteiger charge is -2.35. The highest BCUT2D eigenvalue weighted by Gasteiger charge is 2.26. The topological polar surface area (TPSA) is 63.1 Å². The highest BCUT2D eigenvalue weighted by molar-refractivity contribution is 5.81. The van der Waals surface area contributed by atoms with Crippen molar-refractivity contribution in [2.45, 2.75) is 38.8 Å². The number of aryl methyl sites for hydroxylation is 1. The zero-order valence-electron chi connectivity index (χ0n) is 15.1. The normalized spacial score (nSPS) is 17.4. The maximum Gasteiger partial charge on any atom is 0.237 e. The Labute approximate surface area is 149 Å². The van der Waals surface area contributed by atoms with Crippen molar-refractivity contribution in [3.05, 3.63) is 48.0 Å². The summed E-state index contributed by atoms with van der Waals surface area (Å²) in [6, 6.07) is 10.6. The lowest BCUT2D eigenvalue weighted by molar-refractivity contribution is -0.126. The molecule has 0 spiro atoms. The largest absolute Gasteiger partial charge is 0.347 e. The minimum absolute atomic E-state index is 0.0500. The molecule has 3 rings (SSSR count). The number of rotatable bonds is 6. The molecule has 1 amide bonds. The van der Waals surface area contributed by atoms with Crippen molar-refractivity contribution >= 4 is 5.91 Å². The Morgan fingerprint density at radius 1 is 1.28 bits per heavy atom. The van der Waals surface area contributed by atoms with Crippen molar-refractivity contribution in [3.8, 4) is 0 Å². The molecule has 0 radical (unpaired) electrons. The molecule has 1 N–H and O–H groups in total. The summed E-state index contributed by atoms with van der Waals surface area (Å²) in [4.78, 5) is 18.8. The molecule has 1 atom stereocenters. The monoisotopic (exact) mass is 341 g/mol. The molecular formula is C19H27N5O. The van der Waals surface area contributed by atoms with Gasteiger partial charge in [-0.2, -0.15) is 5.10 Å². The summed E-state index contributed by atoms with van der Waals surface area (Å²) in [6.45, 7) is 4.33. The second-order valence-electron chi connectivity index (χ2n) is 6.90. The van der Waals surface area contributed by atoms with Gasteiger partial charge >= 0.3 is 0 Å². The van der Waals surface area contributed by atoms with Crippen LogP contribution in [0.5, 0.6) is 0 Å². The van der Waals surface area contributed by atoms with Gasteiger partial charge in [-0.15, -0.1) is 0 Å². The summed E-state index contributed by atoms with van der Waals surface area (Å²) in [7, 11) is 1.82. The minimum Gasteiger partial charge on any atom is -0.347 e. The molecule has 0 saturated carbocycles. The van der Waals surface area contributed by atoms with Gasteiger partial charge in [-0.3, -0.25) is 14.4 Å². The van der Waals surface area contributed by atoms with E-state index in [0.717, 1.165) is 32.4 Å². The third kappa shape index (κ3) is 4.89. The molecule has 1 unspecified atom stereocenters. The molecule has 2 aromatic rings. The summed E-state index contributed by atoms with van der Waals surface area (Å²) >= 11 is 0. The smallest absolute Gasteiger partial charge is 0.237 e. The fourth-order valence-electron chi connectivity index (χ4n) is 3.44. The number of benzene rings is 1. The Morgan fingerprint density at radius 3 is 2.64 bits per heavy atom. The third-order valence-corrected chi connectivity index (χ3v) is 5.01. The molecule has 0 bridgehead atoms. The van der Waals surface area contributed by atoms with Crippen LogP contribution in [0.3, 0.4) is 0 Å². The molecule has 6 heteroatoms. The Balaban J connectivity index is 1.42. The Bertz CT molecular complexity index is 676. The highest BCUT2D eigenvalue weighted by atomic mass is 16.2. The SMILES string of the molecule is CC(C(=O)NCc1ncn(C)n1)N1CCC(Cc2ccccc2)CC1. The van der Waals surface area contributed by atoms with Crippen LogP contribution >= 0.6 is 0 Å². The van der Waals surface area contributed by atoms with Crippen LogP contribution in [0, 0.1) is 5.92 Å². The van der Waals surface area contributed by atoms with Gasteiger partial charge in [-0.1, -0.05) is 30.3 Å². The van der Waals surface area contributed by atoms with Gasteiger partial charge in [0.05, 0.1) is 12.6 Å². The van der Waals surface area contributed by atoms with E-state index in [2.05, 4.69) is 50.6 Å². The van der Waals surface area contributed by atoms with Gasteiger partial charge in [0.25, 0.3) is 0 Å². The molecular weight excluding hydrogens is 314 g/mol. The fourth-order valence-corrected chi connectivity index (χ4v) is 3.44. The first-order valence-corrected chi connectivity index (χ1v) is 9.02. The summed E-state index contributed by atoms with van der Waals surface area (Å²) in [5, 5.41) is 7.12. The quantitative estimate of drug-likeness (QED) is 0.870. The van der Waals surface area contributed by atoms with Crippen LogP contribution in [0.25, 0.3) is 0 Å². The van der Waals surface area contributed by atoms with E-state index in [1.807, 2.05) is 14.0 Å². The molecule has 1 aliphatic rings. The maximum atomic E-state index is 12.4. The van der Waals surface area contributed by atoms with E-state index in [9.17, 15) is 4.79 Å². The number of carbonyl (C=O) groups is 1. The molecule has 134 valence electrons. The average molecular weight is 341 g/mol. The maximum absolute atomic E-state index is 12.4. The first-order valence-electron chi connectivity index (χ1n) is 9.02. The van der Waals surface area contributed by atoms with E-state index in [4.69, 9.17) is 0 Å². The number of nitrogens with one attached hydrogen (secondary N) is 1. The van der Waals surface area contributed by atoms with Crippen LogP contribution in [0.2, 0.25) is 0 Å². The molecule has 25 heavy (non-hydrogen) atoms. The van der Waals surface area contributed by atoms with E-state index in [-0.39, 0.29) is 11.9 Å². The Kier molecular flexibility index (Phi) is 5.81. The standard InChI is InChI=1S/C19H27N5O/c1-15(19(25)20-13-18-21-14-23(2)22-18)24-10-8-17(9-11-24)12-16-6-4-3-5-7-16/h3-7,14-15,17H,8-13H2,1-2H3,(H,20,25). The van der Waals surface area contributed by atoms with Gasteiger partial charge < -0.3 is 5.32 Å². The number of aromatic nitrogens is 3. The van der Waals surface area contributed by atoms with Crippen LogP contribution in [-0.2, 0) is 24.8 Å². The number of likely N-dealkylation sites (tertiary alicyclic amines) is 1. The van der Waals surface area contributed by atoms with Gasteiger partial charge in [0.2, 0.25) is 5.91 Å². The molecule has 1 aliphatic heterocycles. The van der Waals surface area contributed by atoms with Gasteiger partial charge in [0.1, 0.15) is 6.33 Å². The van der Waals surface area contributed by atoms with Crippen LogP contribution in [0.1, 0.15) is 31.2 Å². The summed E-state index contributed by atoms with van der Waals surface area (Å²) < 4.78 is 1.64. The minimum atomic E-state index is -0.110. The summed E-state index contributed by atoms with van der Waals surface area (Å²) in [5.41, 5.74) is 1.41. The Hall–Kier alpha value is -2.21. The van der Waals surface area contributed by atoms with Crippen molar-refractivity contribution < 1.29 is 4.79 Å². The van der Waals surface area contributed by atoms with Crippen molar-refractivity contribution in [1.82, 2.24) is 25.0 Å². The zero-order valence-corrected chi connectivity index (χ0v) is 15.1. The van der Waals surface area contributed by atoms with E-state index in [0.29, 0.717) is 18.3 Å². The Morgan fingerprint density at radius 2 is 2.00 bits per heavy atom. The lowest BCUT2D eigenvalue weighted by Crippen LogP contribution is -2.48. The molecule has 2 heterocycles. The average Bonchev–Trinajstić information content (AvgIpc) is 3.06. The molecule has 1 fully saturated rings. The van der Waals surface area contributed by atoms with Gasteiger partial charge in [-0.05, 0) is 50.8 Å². The van der Waals surface area contributed by atoms with E-state index >= 15 is 0 Å². The summed E-state index contributed by atoms with van der Waals surface area (Å²) in [6.07, 6.45) is 5.08. The second kappa shape index (κ2) is 8.25. The number of hydrogen-bond acceptors (Lipinski definition) is 4. The number of nitrogens with zero attached hydrogens (tertiary/aromatic N) is 4. The molecule has 1 saturated heterocycles. The second-order valence-corrected chi connectivity index (χ2v) is 6.90. The van der Waals surface area contributed by atoms with Crippen molar-refractivity contribution in [2.24, 2.45) is 13.0 Å². The molecule has 1 aromatic carbocycles. The predicted octanol–water partition coefficient (Wildman–Crippen LogP) is 1.77. The number of amides is 1. The van der Waals surface area contributed by atoms with E-state index < -0.39 is 0 Å². The van der Waals surface area contributed by atoms with Crippen LogP contribution in [-0.4, -0.2) is 44.7 Å². The van der Waals surface area contributed by atoms with E-state index in [1.54, 1.807) is 11.0 Å². The zero-order chi connectivity index (χ0) is 17.6. The lowest BCUT2D eigenvalue weighted by atomic mass is 9.89. The molecule has 1 aromatic heterocycles. The number of piperidine rings is 1. The molecule has 0 aliphatic carbocycles. The molecule has 6 nitrogen and oxygen atoms in total. The van der Waals surface area contributed by atoms with Crippen LogP contribution in [0.15, 0.2) is 36.7 Å². The van der Waals surface area contributed by atoms with Crippen molar-refractivity contribution in [1.29, 1.82) is 0 Å². The first-order chi connectivity index (χ1) is 12.1. The summed E-state index contributed by atoms with van der Waals surface area (Å²) in [5.74, 6) is 1.41. The third-order valence-electron chi connectivity index (χ3n) is 5.01. The fraction of sp³-hybridized carbons (Fsp3) is 0.526. The van der Waals surface area contributed by atoms with E-state index in [1.165, 1.54) is 5.56 Å². The highest BCUT2D eigenvalue weighted by Crippen LogP contribution is 2.22.